The molecule has 3 aromatic carbocycles. The number of esters is 2. The highest BCUT2D eigenvalue weighted by atomic mass is 16.8. The van der Waals surface area contributed by atoms with Gasteiger partial charge in [-0.2, -0.15) is 0 Å². The van der Waals surface area contributed by atoms with E-state index >= 15 is 0 Å². The van der Waals surface area contributed by atoms with Gasteiger partial charge in [0.1, 0.15) is 31.7 Å². The molecule has 16 heteroatoms. The lowest BCUT2D eigenvalue weighted by atomic mass is 9.89. The van der Waals surface area contributed by atoms with Crippen LogP contribution in [0.15, 0.2) is 55.6 Å². The van der Waals surface area contributed by atoms with E-state index in [1.807, 2.05) is 0 Å². The minimum Gasteiger partial charge on any atom is -0.493 e. The summed E-state index contributed by atoms with van der Waals surface area (Å²) in [5.41, 5.74) is 1.61. The van der Waals surface area contributed by atoms with Crippen molar-refractivity contribution in [3.8, 4) is 39.9 Å². The molecule has 1 saturated heterocycles. The quantitative estimate of drug-likeness (QED) is 0.116. The van der Waals surface area contributed by atoms with Crippen LogP contribution in [0.4, 0.5) is 9.59 Å². The Hall–Kier alpha value is -6.16. The highest BCUT2D eigenvalue weighted by molar-refractivity contribution is 6.14. The standard InChI is InChI=1S/C39H38O16/c1-6-12-46-38(42)54-31-19(3)51-37(34(55-39(43)47-13-7-2)33(31)52-35(40)20-8-9-20)53-32-23-16-27(45-5)26(44-4)15-22(23)29(30-24(32)17-48-36(30)41)21-10-11-25-28(14-21)50-18-49-25/h6-7,10-11,14-16,19-20,31,33-34,37H,1-2,8-9,12-13,17-18H2,3-5H3/t19-,31-,33+,34-,37?/m1/s1. The number of cyclic esters (lactones) is 1. The van der Waals surface area contributed by atoms with Crippen LogP contribution in [0, 0.1) is 5.92 Å². The van der Waals surface area contributed by atoms with Crippen molar-refractivity contribution in [1.82, 2.24) is 0 Å². The number of methoxy groups -OCH3 is 2. The molecule has 0 N–H and O–H groups in total. The van der Waals surface area contributed by atoms with Gasteiger partial charge < -0.3 is 56.8 Å². The van der Waals surface area contributed by atoms with E-state index in [1.54, 1.807) is 37.3 Å². The van der Waals surface area contributed by atoms with E-state index in [4.69, 9.17) is 56.8 Å². The van der Waals surface area contributed by atoms with Crippen LogP contribution < -0.4 is 23.7 Å². The summed E-state index contributed by atoms with van der Waals surface area (Å²) in [5.74, 6) is 0.156. The first kappa shape index (κ1) is 37.2. The zero-order valence-electron chi connectivity index (χ0n) is 30.2. The molecule has 55 heavy (non-hydrogen) atoms. The lowest BCUT2D eigenvalue weighted by Crippen LogP contribution is -2.62. The molecule has 2 fully saturated rings. The second-order valence-electron chi connectivity index (χ2n) is 12.8. The van der Waals surface area contributed by atoms with Crippen LogP contribution in [0.5, 0.6) is 28.7 Å². The monoisotopic (exact) mass is 762 g/mol. The molecule has 5 atom stereocenters. The van der Waals surface area contributed by atoms with Crippen molar-refractivity contribution in [3.05, 3.63) is 66.8 Å². The van der Waals surface area contributed by atoms with E-state index in [0.717, 1.165) is 0 Å². The SMILES string of the molecule is C=CCOC(=O)O[C@H]1[C@H](OC(=O)C2CC2)[C@@H](OC(=O)OCC=C)C(Oc2c3c(c(-c4ccc5c(c4)OCO5)c4cc(OC)c(OC)cc24)C(=O)OC3)O[C@@H]1C. The first-order valence-corrected chi connectivity index (χ1v) is 17.4. The van der Waals surface area contributed by atoms with Crippen LogP contribution in [-0.4, -0.2) is 89.2 Å². The van der Waals surface area contributed by atoms with Gasteiger partial charge in [-0.25, -0.2) is 14.4 Å². The summed E-state index contributed by atoms with van der Waals surface area (Å²) in [6.07, 6.45) is -5.47. The first-order valence-electron chi connectivity index (χ1n) is 17.4. The van der Waals surface area contributed by atoms with Crippen molar-refractivity contribution in [2.45, 2.75) is 57.1 Å². The predicted molar refractivity (Wildman–Crippen MR) is 188 cm³/mol. The maximum Gasteiger partial charge on any atom is 0.509 e. The molecule has 3 heterocycles. The number of hydrogen-bond acceptors (Lipinski definition) is 16. The average molecular weight is 763 g/mol. The normalized spacial score (nSPS) is 22.1. The maximum atomic E-state index is 13.6. The minimum absolute atomic E-state index is 0.0422. The Morgan fingerprint density at radius 3 is 2.11 bits per heavy atom. The summed E-state index contributed by atoms with van der Waals surface area (Å²) in [6, 6.07) is 8.63. The topological polar surface area (TPSA) is 179 Å². The minimum atomic E-state index is -1.61. The molecule has 1 saturated carbocycles. The molecule has 0 amide bonds. The van der Waals surface area contributed by atoms with E-state index < -0.39 is 60.9 Å². The number of carbonyl (C=O) groups excluding carboxylic acids is 4. The fourth-order valence-corrected chi connectivity index (χ4v) is 6.59. The number of fused-ring (bicyclic) bond motifs is 3. The molecule has 1 unspecified atom stereocenters. The fraction of sp³-hybridized carbons (Fsp3) is 0.385. The van der Waals surface area contributed by atoms with E-state index in [9.17, 15) is 19.2 Å². The van der Waals surface area contributed by atoms with Crippen LogP contribution in [0.25, 0.3) is 21.9 Å². The number of ether oxygens (including phenoxy) is 12. The Balaban J connectivity index is 1.37. The summed E-state index contributed by atoms with van der Waals surface area (Å²) in [4.78, 5) is 52.7. The van der Waals surface area contributed by atoms with E-state index in [2.05, 4.69) is 13.2 Å². The highest BCUT2D eigenvalue weighted by Gasteiger charge is 2.54. The molecular weight excluding hydrogens is 724 g/mol. The average Bonchev–Trinajstić information content (AvgIpc) is 3.82. The van der Waals surface area contributed by atoms with Gasteiger partial charge in [0.2, 0.25) is 19.2 Å². The second kappa shape index (κ2) is 15.7. The van der Waals surface area contributed by atoms with Gasteiger partial charge >= 0.3 is 24.2 Å². The predicted octanol–water partition coefficient (Wildman–Crippen LogP) is 5.78. The van der Waals surface area contributed by atoms with Crippen molar-refractivity contribution in [2.75, 3.05) is 34.2 Å². The van der Waals surface area contributed by atoms with Crippen LogP contribution in [0.2, 0.25) is 0 Å². The summed E-state index contributed by atoms with van der Waals surface area (Å²) in [6.45, 7) is 8.08. The van der Waals surface area contributed by atoms with Gasteiger partial charge in [-0.1, -0.05) is 31.4 Å². The fourth-order valence-electron chi connectivity index (χ4n) is 6.59. The van der Waals surface area contributed by atoms with Gasteiger partial charge in [0.05, 0.1) is 25.7 Å². The van der Waals surface area contributed by atoms with Crippen molar-refractivity contribution in [1.29, 1.82) is 0 Å². The maximum absolute atomic E-state index is 13.6. The van der Waals surface area contributed by atoms with Gasteiger partial charge in [0.15, 0.2) is 35.2 Å². The van der Waals surface area contributed by atoms with Crippen molar-refractivity contribution in [3.63, 3.8) is 0 Å². The molecule has 0 bridgehead atoms. The van der Waals surface area contributed by atoms with Crippen molar-refractivity contribution >= 4 is 35.0 Å². The molecule has 3 aromatic rings. The van der Waals surface area contributed by atoms with Crippen LogP contribution in [0.1, 0.15) is 35.7 Å². The van der Waals surface area contributed by atoms with Crippen molar-refractivity contribution in [2.24, 2.45) is 5.92 Å². The first-order chi connectivity index (χ1) is 26.6. The summed E-state index contributed by atoms with van der Waals surface area (Å²) in [5, 5.41) is 0.906. The molecule has 290 valence electrons. The second-order valence-corrected chi connectivity index (χ2v) is 12.8. The van der Waals surface area contributed by atoms with Crippen LogP contribution in [0.3, 0.4) is 0 Å². The van der Waals surface area contributed by atoms with Gasteiger partial charge in [-0.05, 0) is 55.0 Å². The van der Waals surface area contributed by atoms with Crippen LogP contribution >= 0.6 is 0 Å². The Kier molecular flexibility index (Phi) is 10.6. The van der Waals surface area contributed by atoms with Gasteiger partial charge in [-0.15, -0.1) is 0 Å². The molecular formula is C39H38O16. The Morgan fingerprint density at radius 1 is 0.800 bits per heavy atom. The highest BCUT2D eigenvalue weighted by Crippen LogP contribution is 2.50. The number of rotatable bonds is 13. The molecule has 0 aromatic heterocycles. The third-order valence-corrected chi connectivity index (χ3v) is 9.30. The third kappa shape index (κ3) is 7.36. The zero-order chi connectivity index (χ0) is 38.8. The lowest BCUT2D eigenvalue weighted by Gasteiger charge is -2.43. The smallest absolute Gasteiger partial charge is 0.493 e. The Morgan fingerprint density at radius 2 is 1.45 bits per heavy atom. The molecule has 1 aliphatic carbocycles. The van der Waals surface area contributed by atoms with E-state index in [-0.39, 0.29) is 37.9 Å². The molecule has 0 radical (unpaired) electrons. The Labute approximate surface area is 314 Å². The largest absolute Gasteiger partial charge is 0.509 e. The molecule has 3 aliphatic heterocycles. The number of carbonyl (C=O) groups is 4. The molecule has 7 rings (SSSR count). The molecule has 0 spiro atoms. The van der Waals surface area contributed by atoms with Crippen molar-refractivity contribution < 1.29 is 76.0 Å². The van der Waals surface area contributed by atoms with Gasteiger partial charge in [0, 0.05) is 16.5 Å². The molecule has 16 nitrogen and oxygen atoms in total. The zero-order valence-corrected chi connectivity index (χ0v) is 30.2. The summed E-state index contributed by atoms with van der Waals surface area (Å²) in [7, 11) is 2.94. The molecule has 4 aliphatic rings. The number of hydrogen-bond donors (Lipinski definition) is 0. The van der Waals surface area contributed by atoms with E-state index in [1.165, 1.54) is 26.4 Å². The summed E-state index contributed by atoms with van der Waals surface area (Å²) < 4.78 is 68.5. The van der Waals surface area contributed by atoms with Gasteiger partial charge in [0.25, 0.3) is 0 Å². The van der Waals surface area contributed by atoms with Gasteiger partial charge in [-0.3, -0.25) is 4.79 Å². The Bertz CT molecular complexity index is 2040. The summed E-state index contributed by atoms with van der Waals surface area (Å²) >= 11 is 0. The van der Waals surface area contributed by atoms with E-state index in [0.29, 0.717) is 63.3 Å². The number of benzene rings is 3. The van der Waals surface area contributed by atoms with Crippen LogP contribution in [-0.2, 0) is 44.6 Å². The third-order valence-electron chi connectivity index (χ3n) is 9.30. The lowest BCUT2D eigenvalue weighted by molar-refractivity contribution is -0.276.